The summed E-state index contributed by atoms with van der Waals surface area (Å²) in [5.74, 6) is 0. The minimum Gasteiger partial charge on any atom is -0.0819 e. The molecule has 0 aliphatic rings. The topological polar surface area (TPSA) is 0 Å². The lowest BCUT2D eigenvalue weighted by Crippen LogP contribution is -1.72. The van der Waals surface area contributed by atoms with E-state index in [0.717, 1.165) is 0 Å². The molecule has 0 heterocycles. The predicted molar refractivity (Wildman–Crippen MR) is 44.2 cm³/mol. The summed E-state index contributed by atoms with van der Waals surface area (Å²) in [6.45, 7) is 0. The van der Waals surface area contributed by atoms with Gasteiger partial charge in [0.15, 0.2) is 0 Å². The van der Waals surface area contributed by atoms with Crippen molar-refractivity contribution in [3.8, 4) is 0 Å². The van der Waals surface area contributed by atoms with Crippen LogP contribution in [-0.4, -0.2) is 0 Å². The lowest BCUT2D eigenvalue weighted by Gasteiger charge is -1.95. The zero-order chi connectivity index (χ0) is 7.72. The average Bonchev–Trinajstić information content (AvgIpc) is 1.84. The van der Waals surface area contributed by atoms with Crippen LogP contribution >= 0.6 is 46.4 Å². The van der Waals surface area contributed by atoms with E-state index >= 15 is 0 Å². The molecule has 0 aliphatic carbocycles. The van der Waals surface area contributed by atoms with Crippen molar-refractivity contribution in [1.29, 1.82) is 0 Å². The Balaban J connectivity index is 3.28. The average molecular weight is 214 g/mol. The summed E-state index contributed by atoms with van der Waals surface area (Å²) < 4.78 is 0. The van der Waals surface area contributed by atoms with E-state index in [1.165, 1.54) is 0 Å². The third-order valence-electron chi connectivity index (χ3n) is 0.824. The zero-order valence-corrected chi connectivity index (χ0v) is 7.54. The van der Waals surface area contributed by atoms with Gasteiger partial charge < -0.3 is 0 Å². The van der Waals surface area contributed by atoms with Gasteiger partial charge in [0.25, 0.3) is 0 Å². The Bertz CT molecular complexity index is 206. The van der Waals surface area contributed by atoms with E-state index in [1.807, 2.05) is 0 Å². The van der Waals surface area contributed by atoms with Crippen molar-refractivity contribution >= 4 is 46.4 Å². The predicted octanol–water partition coefficient (Wildman–Crippen LogP) is 3.90. The molecule has 0 saturated carbocycles. The molecule has 0 fully saturated rings. The fourth-order valence-corrected chi connectivity index (χ4v) is 1.08. The van der Waals surface area contributed by atoms with Crippen molar-refractivity contribution in [2.45, 2.75) is 0 Å². The van der Waals surface area contributed by atoms with Gasteiger partial charge in [-0.15, -0.1) is 0 Å². The van der Waals surface area contributed by atoms with Crippen LogP contribution in [-0.2, 0) is 0 Å². The quantitative estimate of drug-likeness (QED) is 0.574. The third-order valence-corrected chi connectivity index (χ3v) is 2.15. The van der Waals surface area contributed by atoms with Crippen LogP contribution in [0.15, 0.2) is 0 Å². The second-order valence-electron chi connectivity index (χ2n) is 1.51. The van der Waals surface area contributed by atoms with Gasteiger partial charge in [-0.2, -0.15) is 0 Å². The highest BCUT2D eigenvalue weighted by atomic mass is 35.5. The number of hydrogen-bond donors (Lipinski definition) is 0. The molecule has 0 bridgehead atoms. The van der Waals surface area contributed by atoms with Crippen LogP contribution in [0, 0.1) is 12.1 Å². The fourth-order valence-electron chi connectivity index (χ4n) is 0.412. The number of hydrogen-bond acceptors (Lipinski definition) is 0. The lowest BCUT2D eigenvalue weighted by atomic mass is 10.4. The van der Waals surface area contributed by atoms with Crippen LogP contribution in [0.1, 0.15) is 0 Å². The van der Waals surface area contributed by atoms with Crippen molar-refractivity contribution in [3.05, 3.63) is 32.2 Å². The number of halogens is 4. The van der Waals surface area contributed by atoms with E-state index in [4.69, 9.17) is 46.4 Å². The third kappa shape index (κ3) is 1.70. The van der Waals surface area contributed by atoms with Gasteiger partial charge in [0.05, 0.1) is 20.1 Å². The van der Waals surface area contributed by atoms with Crippen molar-refractivity contribution in [1.82, 2.24) is 0 Å². The highest BCUT2D eigenvalue weighted by molar-refractivity contribution is 6.46. The van der Waals surface area contributed by atoms with Crippen LogP contribution < -0.4 is 0 Å². The van der Waals surface area contributed by atoms with Gasteiger partial charge in [0.1, 0.15) is 0 Å². The Kier molecular flexibility index (Phi) is 2.70. The molecular weight excluding hydrogens is 214 g/mol. The van der Waals surface area contributed by atoms with Crippen molar-refractivity contribution in [3.63, 3.8) is 0 Å². The van der Waals surface area contributed by atoms with Gasteiger partial charge in [0, 0.05) is 12.1 Å². The summed E-state index contributed by atoms with van der Waals surface area (Å²) in [6, 6.07) is 5.08. The first-order chi connectivity index (χ1) is 4.61. The van der Waals surface area contributed by atoms with Crippen molar-refractivity contribution in [2.24, 2.45) is 0 Å². The van der Waals surface area contributed by atoms with Gasteiger partial charge >= 0.3 is 0 Å². The summed E-state index contributed by atoms with van der Waals surface area (Å²) in [5.41, 5.74) is 0. The molecule has 0 aliphatic heterocycles. The van der Waals surface area contributed by atoms with Crippen molar-refractivity contribution in [2.75, 3.05) is 0 Å². The lowest BCUT2D eigenvalue weighted by molar-refractivity contribution is 1.67. The molecule has 1 aromatic carbocycles. The molecular formula is C6Cl4. The Morgan fingerprint density at radius 3 is 1.00 bits per heavy atom. The largest absolute Gasteiger partial charge is 0.0819 e. The molecule has 10 heavy (non-hydrogen) atoms. The molecule has 2 radical (unpaired) electrons. The molecule has 0 aromatic heterocycles. The second-order valence-corrected chi connectivity index (χ2v) is 3.02. The van der Waals surface area contributed by atoms with E-state index in [9.17, 15) is 0 Å². The van der Waals surface area contributed by atoms with Gasteiger partial charge in [-0.1, -0.05) is 46.4 Å². The molecule has 1 rings (SSSR count). The van der Waals surface area contributed by atoms with Crippen LogP contribution in [0.25, 0.3) is 0 Å². The first kappa shape index (κ1) is 8.48. The molecule has 0 amide bonds. The van der Waals surface area contributed by atoms with Crippen LogP contribution in [0.5, 0.6) is 0 Å². The first-order valence-corrected chi connectivity index (χ1v) is 3.77. The highest BCUT2D eigenvalue weighted by Gasteiger charge is 2.03. The van der Waals surface area contributed by atoms with E-state index < -0.39 is 0 Å². The van der Waals surface area contributed by atoms with Crippen LogP contribution in [0.4, 0.5) is 0 Å². The van der Waals surface area contributed by atoms with E-state index in [2.05, 4.69) is 12.1 Å². The monoisotopic (exact) mass is 212 g/mol. The normalized spacial score (nSPS) is 10.0. The smallest absolute Gasteiger partial charge is 0.0694 e. The van der Waals surface area contributed by atoms with E-state index in [0.29, 0.717) is 0 Å². The second kappa shape index (κ2) is 3.19. The Labute approximate surface area is 78.6 Å². The highest BCUT2D eigenvalue weighted by Crippen LogP contribution is 2.30. The SMILES string of the molecule is Clc1[c]c(Cl)c(Cl)[c]c1Cl. The van der Waals surface area contributed by atoms with Gasteiger partial charge in [0.2, 0.25) is 0 Å². The maximum absolute atomic E-state index is 5.52. The molecule has 52 valence electrons. The van der Waals surface area contributed by atoms with Gasteiger partial charge in [-0.05, 0) is 0 Å². The van der Waals surface area contributed by atoms with E-state index in [1.54, 1.807) is 0 Å². The molecule has 0 N–H and O–H groups in total. The zero-order valence-electron chi connectivity index (χ0n) is 4.51. The first-order valence-electron chi connectivity index (χ1n) is 2.26. The van der Waals surface area contributed by atoms with Gasteiger partial charge in [-0.3, -0.25) is 0 Å². The number of rotatable bonds is 0. The van der Waals surface area contributed by atoms with Crippen molar-refractivity contribution < 1.29 is 0 Å². The summed E-state index contributed by atoms with van der Waals surface area (Å²) >= 11 is 22.1. The number of benzene rings is 1. The maximum atomic E-state index is 5.52. The Hall–Kier alpha value is 0.380. The molecule has 0 unspecified atom stereocenters. The van der Waals surface area contributed by atoms with Crippen LogP contribution in [0.2, 0.25) is 20.1 Å². The Morgan fingerprint density at radius 1 is 0.600 bits per heavy atom. The minimum atomic E-state index is 0.232. The summed E-state index contributed by atoms with van der Waals surface area (Å²) in [4.78, 5) is 0. The molecule has 0 saturated heterocycles. The molecule has 0 spiro atoms. The maximum Gasteiger partial charge on any atom is 0.0694 e. The molecule has 1 aromatic rings. The summed E-state index contributed by atoms with van der Waals surface area (Å²) in [5, 5.41) is 0.930. The van der Waals surface area contributed by atoms with Crippen LogP contribution in [0.3, 0.4) is 0 Å². The van der Waals surface area contributed by atoms with Gasteiger partial charge in [-0.25, -0.2) is 0 Å². The molecule has 0 nitrogen and oxygen atoms in total. The van der Waals surface area contributed by atoms with E-state index in [-0.39, 0.29) is 20.1 Å². The Morgan fingerprint density at radius 2 is 0.800 bits per heavy atom. The summed E-state index contributed by atoms with van der Waals surface area (Å²) in [7, 11) is 0. The standard InChI is InChI=1S/C6Cl4/c7-3-1-4(8)6(10)2-5(3)9. The molecule has 0 atom stereocenters. The fraction of sp³-hybridized carbons (Fsp3) is 0. The molecule has 4 heteroatoms. The summed E-state index contributed by atoms with van der Waals surface area (Å²) in [6.07, 6.45) is 0. The minimum absolute atomic E-state index is 0.232.